The zero-order chi connectivity index (χ0) is 10.6. The van der Waals surface area contributed by atoms with Gasteiger partial charge in [0.05, 0.1) is 12.0 Å². The third-order valence-electron chi connectivity index (χ3n) is 2.39. The predicted molar refractivity (Wildman–Crippen MR) is 58.9 cm³/mol. The molecule has 0 radical (unpaired) electrons. The summed E-state index contributed by atoms with van der Waals surface area (Å²) in [6, 6.07) is 0.0801. The van der Waals surface area contributed by atoms with Crippen molar-refractivity contribution in [3.8, 4) is 0 Å². The number of imidazole rings is 1. The monoisotopic (exact) mass is 195 g/mol. The molecular weight excluding hydrogens is 174 g/mol. The first kappa shape index (κ1) is 11.2. The Morgan fingerprint density at radius 1 is 1.43 bits per heavy atom. The van der Waals surface area contributed by atoms with Gasteiger partial charge in [0.1, 0.15) is 0 Å². The molecule has 0 aromatic carbocycles. The first-order chi connectivity index (χ1) is 6.61. The smallest absolute Gasteiger partial charge is 0.0948 e. The lowest BCUT2D eigenvalue weighted by Gasteiger charge is -2.11. The van der Waals surface area contributed by atoms with Crippen molar-refractivity contribution >= 4 is 0 Å². The zero-order valence-corrected chi connectivity index (χ0v) is 9.40. The summed E-state index contributed by atoms with van der Waals surface area (Å²) in [4.78, 5) is 4.12. The third-order valence-corrected chi connectivity index (χ3v) is 2.39. The van der Waals surface area contributed by atoms with Gasteiger partial charge in [-0.15, -0.1) is 0 Å². The molecule has 1 unspecified atom stereocenters. The molecule has 0 aliphatic rings. The highest BCUT2D eigenvalue weighted by Gasteiger charge is 2.05. The van der Waals surface area contributed by atoms with Crippen LogP contribution < -0.4 is 5.73 Å². The molecule has 14 heavy (non-hydrogen) atoms. The molecule has 1 atom stereocenters. The molecule has 1 aromatic heterocycles. The van der Waals surface area contributed by atoms with Crippen molar-refractivity contribution in [2.24, 2.45) is 11.7 Å². The molecule has 0 bridgehead atoms. The van der Waals surface area contributed by atoms with E-state index in [-0.39, 0.29) is 6.04 Å². The summed E-state index contributed by atoms with van der Waals surface area (Å²) in [5.41, 5.74) is 6.96. The minimum absolute atomic E-state index is 0.0801. The molecule has 0 aliphatic heterocycles. The topological polar surface area (TPSA) is 43.8 Å². The van der Waals surface area contributed by atoms with E-state index in [0.29, 0.717) is 0 Å². The minimum atomic E-state index is 0.0801. The molecule has 0 amide bonds. The Kier molecular flexibility index (Phi) is 4.14. The molecule has 1 aromatic rings. The fourth-order valence-corrected chi connectivity index (χ4v) is 1.57. The van der Waals surface area contributed by atoms with Crippen LogP contribution in [0.5, 0.6) is 0 Å². The summed E-state index contributed by atoms with van der Waals surface area (Å²) in [6.07, 6.45) is 6.20. The Balaban J connectivity index is 2.46. The zero-order valence-electron chi connectivity index (χ0n) is 9.40. The van der Waals surface area contributed by atoms with Crippen LogP contribution in [0, 0.1) is 5.92 Å². The van der Waals surface area contributed by atoms with Gasteiger partial charge >= 0.3 is 0 Å². The standard InChI is InChI=1S/C11H21N3/c1-9(2)5-4-6-14-8-13-7-11(14)10(3)12/h7-10H,4-6,12H2,1-3H3. The van der Waals surface area contributed by atoms with E-state index in [9.17, 15) is 0 Å². The van der Waals surface area contributed by atoms with Crippen LogP contribution in [0.1, 0.15) is 45.3 Å². The summed E-state index contributed by atoms with van der Waals surface area (Å²) in [5.74, 6) is 0.775. The van der Waals surface area contributed by atoms with Crippen LogP contribution in [-0.2, 0) is 6.54 Å². The number of nitrogens with zero attached hydrogens (tertiary/aromatic N) is 2. The van der Waals surface area contributed by atoms with Crippen molar-refractivity contribution in [3.05, 3.63) is 18.2 Å². The fraction of sp³-hybridized carbons (Fsp3) is 0.727. The molecule has 0 fully saturated rings. The lowest BCUT2D eigenvalue weighted by Crippen LogP contribution is -2.12. The maximum atomic E-state index is 5.83. The molecule has 1 rings (SSSR count). The van der Waals surface area contributed by atoms with E-state index in [1.165, 1.54) is 12.8 Å². The van der Waals surface area contributed by atoms with E-state index in [2.05, 4.69) is 23.4 Å². The molecule has 80 valence electrons. The Hall–Kier alpha value is -0.830. The van der Waals surface area contributed by atoms with Gasteiger partial charge in [0.2, 0.25) is 0 Å². The van der Waals surface area contributed by atoms with E-state index in [1.54, 1.807) is 0 Å². The van der Waals surface area contributed by atoms with Crippen LogP contribution in [0.2, 0.25) is 0 Å². The first-order valence-electron chi connectivity index (χ1n) is 5.37. The number of rotatable bonds is 5. The second kappa shape index (κ2) is 5.15. The Morgan fingerprint density at radius 2 is 2.14 bits per heavy atom. The summed E-state index contributed by atoms with van der Waals surface area (Å²) in [5, 5.41) is 0. The summed E-state index contributed by atoms with van der Waals surface area (Å²) >= 11 is 0. The Morgan fingerprint density at radius 3 is 2.71 bits per heavy atom. The Labute approximate surface area is 86.3 Å². The highest BCUT2D eigenvalue weighted by atomic mass is 15.1. The van der Waals surface area contributed by atoms with E-state index >= 15 is 0 Å². The lowest BCUT2D eigenvalue weighted by atomic mass is 10.1. The van der Waals surface area contributed by atoms with Crippen molar-refractivity contribution in [1.29, 1.82) is 0 Å². The van der Waals surface area contributed by atoms with Crippen molar-refractivity contribution in [2.75, 3.05) is 0 Å². The average Bonchev–Trinajstić information content (AvgIpc) is 2.51. The number of hydrogen-bond donors (Lipinski definition) is 1. The molecule has 0 saturated carbocycles. The minimum Gasteiger partial charge on any atom is -0.333 e. The molecule has 3 nitrogen and oxygen atoms in total. The summed E-state index contributed by atoms with van der Waals surface area (Å²) < 4.78 is 2.16. The van der Waals surface area contributed by atoms with Gasteiger partial charge in [-0.1, -0.05) is 13.8 Å². The van der Waals surface area contributed by atoms with Gasteiger partial charge in [-0.25, -0.2) is 4.98 Å². The van der Waals surface area contributed by atoms with Crippen molar-refractivity contribution < 1.29 is 0 Å². The van der Waals surface area contributed by atoms with E-state index in [0.717, 1.165) is 18.2 Å². The Bertz CT molecular complexity index is 263. The van der Waals surface area contributed by atoms with Gasteiger partial charge < -0.3 is 10.3 Å². The van der Waals surface area contributed by atoms with Crippen LogP contribution in [-0.4, -0.2) is 9.55 Å². The molecule has 1 heterocycles. The first-order valence-corrected chi connectivity index (χ1v) is 5.37. The van der Waals surface area contributed by atoms with Crippen LogP contribution >= 0.6 is 0 Å². The van der Waals surface area contributed by atoms with Crippen molar-refractivity contribution in [2.45, 2.75) is 46.2 Å². The van der Waals surface area contributed by atoms with Gasteiger partial charge in [-0.2, -0.15) is 0 Å². The van der Waals surface area contributed by atoms with E-state index < -0.39 is 0 Å². The average molecular weight is 195 g/mol. The number of nitrogens with two attached hydrogens (primary N) is 1. The number of aromatic nitrogens is 2. The second-order valence-corrected chi connectivity index (χ2v) is 4.34. The summed E-state index contributed by atoms with van der Waals surface area (Å²) in [6.45, 7) is 7.53. The van der Waals surface area contributed by atoms with Crippen molar-refractivity contribution in [1.82, 2.24) is 9.55 Å². The SMILES string of the molecule is CC(C)CCCn1cncc1C(C)N. The van der Waals surface area contributed by atoms with Gasteiger partial charge in [0.25, 0.3) is 0 Å². The quantitative estimate of drug-likeness (QED) is 0.783. The van der Waals surface area contributed by atoms with Crippen LogP contribution in [0.15, 0.2) is 12.5 Å². The largest absolute Gasteiger partial charge is 0.333 e. The van der Waals surface area contributed by atoms with Crippen LogP contribution in [0.3, 0.4) is 0 Å². The van der Waals surface area contributed by atoms with Crippen LogP contribution in [0.4, 0.5) is 0 Å². The number of aryl methyl sites for hydroxylation is 1. The van der Waals surface area contributed by atoms with Crippen molar-refractivity contribution in [3.63, 3.8) is 0 Å². The highest BCUT2D eigenvalue weighted by Crippen LogP contribution is 2.11. The molecule has 0 saturated heterocycles. The predicted octanol–water partition coefficient (Wildman–Crippen LogP) is 2.34. The highest BCUT2D eigenvalue weighted by molar-refractivity contribution is 5.02. The normalized spacial score (nSPS) is 13.5. The molecule has 3 heteroatoms. The molecule has 0 spiro atoms. The molecule has 0 aliphatic carbocycles. The van der Waals surface area contributed by atoms with Gasteiger partial charge in [0.15, 0.2) is 0 Å². The summed E-state index contributed by atoms with van der Waals surface area (Å²) in [7, 11) is 0. The third kappa shape index (κ3) is 3.14. The maximum absolute atomic E-state index is 5.83. The lowest BCUT2D eigenvalue weighted by molar-refractivity contribution is 0.500. The molecule has 2 N–H and O–H groups in total. The maximum Gasteiger partial charge on any atom is 0.0948 e. The van der Waals surface area contributed by atoms with E-state index in [4.69, 9.17) is 5.73 Å². The van der Waals surface area contributed by atoms with Gasteiger partial charge in [0, 0.05) is 18.8 Å². The second-order valence-electron chi connectivity index (χ2n) is 4.34. The van der Waals surface area contributed by atoms with Gasteiger partial charge in [-0.3, -0.25) is 0 Å². The molecular formula is C11H21N3. The van der Waals surface area contributed by atoms with E-state index in [1.807, 2.05) is 19.4 Å². The number of hydrogen-bond acceptors (Lipinski definition) is 2. The van der Waals surface area contributed by atoms with Crippen LogP contribution in [0.25, 0.3) is 0 Å². The fourth-order valence-electron chi connectivity index (χ4n) is 1.57. The van der Waals surface area contributed by atoms with Gasteiger partial charge in [-0.05, 0) is 25.7 Å².